The Morgan fingerprint density at radius 3 is 2.43 bits per heavy atom. The Hall–Kier alpha value is -1.88. The molecule has 2 amide bonds. The van der Waals surface area contributed by atoms with Crippen molar-refractivity contribution < 1.29 is 14.3 Å². The summed E-state index contributed by atoms with van der Waals surface area (Å²) in [4.78, 5) is 27.5. The molecule has 21 heavy (non-hydrogen) atoms. The standard InChI is InChI=1S/C16H20N2O3/c19-15-2-1-7-18(15)14-5-3-13(4-6-14)12-16(20)17-8-10-21-11-9-17/h3-6H,1-2,7-12H2. The second kappa shape index (κ2) is 6.26. The van der Waals surface area contributed by atoms with E-state index in [0.29, 0.717) is 39.1 Å². The fourth-order valence-electron chi connectivity index (χ4n) is 2.81. The predicted octanol–water partition coefficient (Wildman–Crippen LogP) is 1.21. The maximum atomic E-state index is 12.2. The normalized spacial score (nSPS) is 19.1. The van der Waals surface area contributed by atoms with E-state index in [2.05, 4.69) is 0 Å². The summed E-state index contributed by atoms with van der Waals surface area (Å²) < 4.78 is 5.25. The number of amides is 2. The number of rotatable bonds is 3. The van der Waals surface area contributed by atoms with E-state index in [1.165, 1.54) is 0 Å². The van der Waals surface area contributed by atoms with Gasteiger partial charge in [-0.3, -0.25) is 9.59 Å². The van der Waals surface area contributed by atoms with Crippen molar-refractivity contribution >= 4 is 17.5 Å². The van der Waals surface area contributed by atoms with Gasteiger partial charge in [0.2, 0.25) is 11.8 Å². The van der Waals surface area contributed by atoms with E-state index >= 15 is 0 Å². The summed E-state index contributed by atoms with van der Waals surface area (Å²) in [7, 11) is 0. The third-order valence-corrected chi connectivity index (χ3v) is 4.04. The smallest absolute Gasteiger partial charge is 0.227 e. The maximum absolute atomic E-state index is 12.2. The van der Waals surface area contributed by atoms with Crippen molar-refractivity contribution in [3.8, 4) is 0 Å². The van der Waals surface area contributed by atoms with Crippen LogP contribution in [0.15, 0.2) is 24.3 Å². The van der Waals surface area contributed by atoms with Crippen LogP contribution in [0.25, 0.3) is 0 Å². The highest BCUT2D eigenvalue weighted by Crippen LogP contribution is 2.21. The third kappa shape index (κ3) is 3.24. The molecule has 0 aromatic heterocycles. The summed E-state index contributed by atoms with van der Waals surface area (Å²) in [5, 5.41) is 0. The number of hydrogen-bond donors (Lipinski definition) is 0. The molecule has 0 aliphatic carbocycles. The number of carbonyl (C=O) groups is 2. The van der Waals surface area contributed by atoms with Crippen LogP contribution in [0.5, 0.6) is 0 Å². The molecule has 0 unspecified atom stereocenters. The van der Waals surface area contributed by atoms with Crippen LogP contribution in [0.1, 0.15) is 18.4 Å². The number of benzene rings is 1. The van der Waals surface area contributed by atoms with Gasteiger partial charge in [0.15, 0.2) is 0 Å². The van der Waals surface area contributed by atoms with E-state index in [9.17, 15) is 9.59 Å². The zero-order chi connectivity index (χ0) is 14.7. The Labute approximate surface area is 124 Å². The molecule has 1 aromatic rings. The van der Waals surface area contributed by atoms with Gasteiger partial charge in [0, 0.05) is 31.7 Å². The topological polar surface area (TPSA) is 49.9 Å². The SMILES string of the molecule is O=C(Cc1ccc(N2CCCC2=O)cc1)N1CCOCC1. The first kappa shape index (κ1) is 14.1. The van der Waals surface area contributed by atoms with Crippen LogP contribution in [-0.4, -0.2) is 49.6 Å². The Bertz CT molecular complexity index is 521. The van der Waals surface area contributed by atoms with Crippen LogP contribution in [0.3, 0.4) is 0 Å². The number of morpholine rings is 1. The third-order valence-electron chi connectivity index (χ3n) is 4.04. The Balaban J connectivity index is 1.61. The molecule has 2 fully saturated rings. The summed E-state index contributed by atoms with van der Waals surface area (Å²) in [6, 6.07) is 7.76. The maximum Gasteiger partial charge on any atom is 0.227 e. The summed E-state index contributed by atoms with van der Waals surface area (Å²) in [6.45, 7) is 3.41. The van der Waals surface area contributed by atoms with Gasteiger partial charge in [-0.2, -0.15) is 0 Å². The van der Waals surface area contributed by atoms with Crippen molar-refractivity contribution in [2.75, 3.05) is 37.7 Å². The lowest BCUT2D eigenvalue weighted by Gasteiger charge is -2.27. The van der Waals surface area contributed by atoms with Crippen LogP contribution >= 0.6 is 0 Å². The lowest BCUT2D eigenvalue weighted by Crippen LogP contribution is -2.41. The van der Waals surface area contributed by atoms with E-state index in [-0.39, 0.29) is 11.8 Å². The molecule has 0 bridgehead atoms. The van der Waals surface area contributed by atoms with Gasteiger partial charge in [0.25, 0.3) is 0 Å². The molecule has 112 valence electrons. The van der Waals surface area contributed by atoms with Crippen LogP contribution in [0.2, 0.25) is 0 Å². The van der Waals surface area contributed by atoms with Crippen LogP contribution in [0, 0.1) is 0 Å². The summed E-state index contributed by atoms with van der Waals surface area (Å²) in [5.41, 5.74) is 1.92. The summed E-state index contributed by atoms with van der Waals surface area (Å²) in [6.07, 6.45) is 1.97. The highest BCUT2D eigenvalue weighted by molar-refractivity contribution is 5.95. The predicted molar refractivity (Wildman–Crippen MR) is 79.1 cm³/mol. The minimum absolute atomic E-state index is 0.142. The van der Waals surface area contributed by atoms with Crippen molar-refractivity contribution in [1.29, 1.82) is 0 Å². The minimum Gasteiger partial charge on any atom is -0.378 e. The number of ether oxygens (including phenoxy) is 1. The molecular formula is C16H20N2O3. The highest BCUT2D eigenvalue weighted by Gasteiger charge is 2.22. The quantitative estimate of drug-likeness (QED) is 0.840. The highest BCUT2D eigenvalue weighted by atomic mass is 16.5. The molecule has 3 rings (SSSR count). The van der Waals surface area contributed by atoms with Crippen LogP contribution in [-0.2, 0) is 20.7 Å². The first-order chi connectivity index (χ1) is 10.2. The second-order valence-electron chi connectivity index (χ2n) is 5.49. The monoisotopic (exact) mass is 288 g/mol. The van der Waals surface area contributed by atoms with Crippen molar-refractivity contribution in [2.45, 2.75) is 19.3 Å². The molecule has 0 atom stereocenters. The second-order valence-corrected chi connectivity index (χ2v) is 5.49. The molecule has 0 spiro atoms. The van der Waals surface area contributed by atoms with E-state index in [1.807, 2.05) is 34.1 Å². The van der Waals surface area contributed by atoms with Crippen molar-refractivity contribution in [3.63, 3.8) is 0 Å². The van der Waals surface area contributed by atoms with Gasteiger partial charge in [-0.25, -0.2) is 0 Å². The molecule has 2 aliphatic rings. The fraction of sp³-hybridized carbons (Fsp3) is 0.500. The van der Waals surface area contributed by atoms with Gasteiger partial charge in [0.1, 0.15) is 0 Å². The Morgan fingerprint density at radius 1 is 1.10 bits per heavy atom. The molecule has 2 saturated heterocycles. The summed E-state index contributed by atoms with van der Waals surface area (Å²) in [5.74, 6) is 0.329. The van der Waals surface area contributed by atoms with E-state index < -0.39 is 0 Å². The molecule has 5 nitrogen and oxygen atoms in total. The molecule has 2 aliphatic heterocycles. The van der Waals surface area contributed by atoms with Gasteiger partial charge in [-0.15, -0.1) is 0 Å². The zero-order valence-electron chi connectivity index (χ0n) is 12.1. The van der Waals surface area contributed by atoms with Crippen LogP contribution < -0.4 is 4.90 Å². The van der Waals surface area contributed by atoms with Crippen molar-refractivity contribution in [1.82, 2.24) is 4.90 Å². The average Bonchev–Trinajstić information content (AvgIpc) is 2.95. The molecule has 0 radical (unpaired) electrons. The number of hydrogen-bond acceptors (Lipinski definition) is 3. The lowest BCUT2D eigenvalue weighted by atomic mass is 10.1. The first-order valence-electron chi connectivity index (χ1n) is 7.49. The molecule has 5 heteroatoms. The summed E-state index contributed by atoms with van der Waals surface area (Å²) >= 11 is 0. The molecule has 0 N–H and O–H groups in total. The Kier molecular flexibility index (Phi) is 4.20. The fourth-order valence-corrected chi connectivity index (χ4v) is 2.81. The molecule has 0 saturated carbocycles. The number of nitrogens with zero attached hydrogens (tertiary/aromatic N) is 2. The lowest BCUT2D eigenvalue weighted by molar-refractivity contribution is -0.134. The molecular weight excluding hydrogens is 268 g/mol. The number of anilines is 1. The van der Waals surface area contributed by atoms with Crippen molar-refractivity contribution in [3.05, 3.63) is 29.8 Å². The van der Waals surface area contributed by atoms with Gasteiger partial charge in [-0.05, 0) is 24.1 Å². The minimum atomic E-state index is 0.142. The van der Waals surface area contributed by atoms with Gasteiger partial charge < -0.3 is 14.5 Å². The van der Waals surface area contributed by atoms with Crippen molar-refractivity contribution in [2.24, 2.45) is 0 Å². The van der Waals surface area contributed by atoms with E-state index in [0.717, 1.165) is 24.2 Å². The van der Waals surface area contributed by atoms with Gasteiger partial charge >= 0.3 is 0 Å². The molecule has 2 heterocycles. The van der Waals surface area contributed by atoms with Crippen LogP contribution in [0.4, 0.5) is 5.69 Å². The number of carbonyl (C=O) groups excluding carboxylic acids is 2. The average molecular weight is 288 g/mol. The largest absolute Gasteiger partial charge is 0.378 e. The zero-order valence-corrected chi connectivity index (χ0v) is 12.1. The Morgan fingerprint density at radius 2 is 1.81 bits per heavy atom. The molecule has 1 aromatic carbocycles. The first-order valence-corrected chi connectivity index (χ1v) is 7.49. The van der Waals surface area contributed by atoms with E-state index in [1.54, 1.807) is 0 Å². The van der Waals surface area contributed by atoms with Gasteiger partial charge in [-0.1, -0.05) is 12.1 Å². The van der Waals surface area contributed by atoms with E-state index in [4.69, 9.17) is 4.74 Å². The van der Waals surface area contributed by atoms with Gasteiger partial charge in [0.05, 0.1) is 19.6 Å².